The van der Waals surface area contributed by atoms with Crippen LogP contribution in [-0.2, 0) is 0 Å². The van der Waals surface area contributed by atoms with E-state index in [1.54, 1.807) is 13.0 Å². The van der Waals surface area contributed by atoms with E-state index in [1.807, 2.05) is 11.9 Å². The number of hydrogen-bond acceptors (Lipinski definition) is 4. The van der Waals surface area contributed by atoms with Crippen LogP contribution >= 0.6 is 0 Å². The normalized spacial score (nSPS) is 8.47. The Hall–Kier alpha value is -2.62. The molecule has 72 valence electrons. The molecule has 0 radical (unpaired) electrons. The molecule has 5 nitrogen and oxygen atoms in total. The third-order valence-electron chi connectivity index (χ3n) is 1.84. The molecule has 0 aliphatic rings. The van der Waals surface area contributed by atoms with Gasteiger partial charge < -0.3 is 4.98 Å². The van der Waals surface area contributed by atoms with Gasteiger partial charge in [0, 0.05) is 6.07 Å². The molecule has 0 aliphatic heterocycles. The number of nitriles is 2. The Morgan fingerprint density at radius 1 is 1.53 bits per heavy atom. The number of nitrogens with zero attached hydrogens (tertiary/aromatic N) is 2. The van der Waals surface area contributed by atoms with Crippen molar-refractivity contribution in [1.29, 1.82) is 15.9 Å². The van der Waals surface area contributed by atoms with Crippen molar-refractivity contribution in [3.05, 3.63) is 33.2 Å². The van der Waals surface area contributed by atoms with Crippen molar-refractivity contribution in [3.63, 3.8) is 0 Å². The summed E-state index contributed by atoms with van der Waals surface area (Å²) in [4.78, 5) is 13.5. The largest absolute Gasteiger partial charge is 0.320 e. The zero-order valence-corrected chi connectivity index (χ0v) is 7.88. The summed E-state index contributed by atoms with van der Waals surface area (Å²) < 4.78 is 0. The predicted molar refractivity (Wildman–Crippen MR) is 53.3 cm³/mol. The van der Waals surface area contributed by atoms with Gasteiger partial charge in [-0.05, 0) is 18.4 Å². The van der Waals surface area contributed by atoms with Gasteiger partial charge in [-0.3, -0.25) is 10.2 Å². The van der Waals surface area contributed by atoms with E-state index < -0.39 is 5.56 Å². The van der Waals surface area contributed by atoms with Gasteiger partial charge in [-0.1, -0.05) is 0 Å². The maximum Gasteiger partial charge on any atom is 0.248 e. The van der Waals surface area contributed by atoms with Crippen LogP contribution in [-0.4, -0.2) is 10.9 Å². The monoisotopic (exact) mass is 198 g/mol. The van der Waals surface area contributed by atoms with Crippen molar-refractivity contribution in [3.8, 4) is 12.1 Å². The molecule has 0 atom stereocenters. The molecule has 0 aromatic carbocycles. The lowest BCUT2D eigenvalue weighted by Gasteiger charge is -2.01. The number of nitrogens with one attached hydrogen (secondary N) is 2. The van der Waals surface area contributed by atoms with Gasteiger partial charge in [0.2, 0.25) is 5.56 Å². The van der Waals surface area contributed by atoms with Crippen molar-refractivity contribution in [1.82, 2.24) is 4.98 Å². The van der Waals surface area contributed by atoms with Crippen molar-refractivity contribution in [2.24, 2.45) is 0 Å². The molecule has 0 spiro atoms. The summed E-state index contributed by atoms with van der Waals surface area (Å²) in [5, 5.41) is 24.4. The second kappa shape index (κ2) is 4.06. The summed E-state index contributed by atoms with van der Waals surface area (Å²) in [6.07, 6.45) is 0. The SMILES string of the molecule is Cc1cc(=O)[nH]c(C(=C=N)C#N)c1C#N. The van der Waals surface area contributed by atoms with Crippen LogP contribution < -0.4 is 5.56 Å². The third kappa shape index (κ3) is 1.83. The Bertz CT molecular complexity index is 591. The van der Waals surface area contributed by atoms with Crippen LogP contribution in [0.1, 0.15) is 16.8 Å². The maximum absolute atomic E-state index is 11.1. The van der Waals surface area contributed by atoms with Crippen molar-refractivity contribution >= 4 is 11.4 Å². The molecule has 1 rings (SSSR count). The minimum atomic E-state index is -0.413. The summed E-state index contributed by atoms with van der Waals surface area (Å²) in [6.45, 7) is 1.59. The van der Waals surface area contributed by atoms with E-state index in [4.69, 9.17) is 15.9 Å². The minimum Gasteiger partial charge on any atom is -0.320 e. The average molecular weight is 198 g/mol. The van der Waals surface area contributed by atoms with Gasteiger partial charge in [-0.25, -0.2) is 0 Å². The number of H-pyrrole nitrogens is 1. The molecule has 5 heteroatoms. The summed E-state index contributed by atoms with van der Waals surface area (Å²) in [5.74, 6) is 1.88. The molecule has 0 fully saturated rings. The molecule has 0 unspecified atom stereocenters. The Balaban J connectivity index is 3.71. The van der Waals surface area contributed by atoms with E-state index in [-0.39, 0.29) is 16.8 Å². The van der Waals surface area contributed by atoms with E-state index in [2.05, 4.69) is 4.98 Å². The van der Waals surface area contributed by atoms with Crippen LogP contribution in [0.4, 0.5) is 0 Å². The fourth-order valence-electron chi connectivity index (χ4n) is 1.17. The lowest BCUT2D eigenvalue weighted by molar-refractivity contribution is 1.16. The van der Waals surface area contributed by atoms with Crippen molar-refractivity contribution < 1.29 is 0 Å². The van der Waals surface area contributed by atoms with Gasteiger partial charge in [-0.2, -0.15) is 10.5 Å². The molecule has 0 bridgehead atoms. The highest BCUT2D eigenvalue weighted by Gasteiger charge is 2.11. The van der Waals surface area contributed by atoms with Gasteiger partial charge >= 0.3 is 0 Å². The molecular weight excluding hydrogens is 192 g/mol. The fraction of sp³-hybridized carbons (Fsp3) is 0.100. The van der Waals surface area contributed by atoms with E-state index in [1.165, 1.54) is 6.07 Å². The van der Waals surface area contributed by atoms with Crippen LogP contribution in [0.3, 0.4) is 0 Å². The Labute approximate surface area is 85.4 Å². The van der Waals surface area contributed by atoms with Gasteiger partial charge in [0.1, 0.15) is 17.7 Å². The van der Waals surface area contributed by atoms with Crippen LogP contribution in [0.15, 0.2) is 10.9 Å². The van der Waals surface area contributed by atoms with E-state index >= 15 is 0 Å². The number of pyridine rings is 1. The first kappa shape index (κ1) is 10.5. The van der Waals surface area contributed by atoms with Crippen LogP contribution in [0.2, 0.25) is 0 Å². The van der Waals surface area contributed by atoms with Crippen molar-refractivity contribution in [2.75, 3.05) is 0 Å². The van der Waals surface area contributed by atoms with Crippen LogP contribution in [0, 0.1) is 35.0 Å². The van der Waals surface area contributed by atoms with Gasteiger partial charge in [0.05, 0.1) is 11.3 Å². The van der Waals surface area contributed by atoms with E-state index in [9.17, 15) is 4.79 Å². The van der Waals surface area contributed by atoms with Crippen LogP contribution in [0.5, 0.6) is 0 Å². The number of hydrogen-bond donors (Lipinski definition) is 2. The summed E-state index contributed by atoms with van der Waals surface area (Å²) in [6, 6.07) is 4.83. The number of aryl methyl sites for hydroxylation is 1. The Kier molecular flexibility index (Phi) is 2.83. The molecule has 1 heterocycles. The first-order valence-electron chi connectivity index (χ1n) is 3.98. The molecular formula is C10H6N4O. The molecule has 1 aromatic heterocycles. The highest BCUT2D eigenvalue weighted by Crippen LogP contribution is 2.14. The summed E-state index contributed by atoms with van der Waals surface area (Å²) in [5.41, 5.74) is 0.141. The maximum atomic E-state index is 11.1. The Morgan fingerprint density at radius 3 is 2.67 bits per heavy atom. The zero-order chi connectivity index (χ0) is 11.4. The first-order valence-corrected chi connectivity index (χ1v) is 3.98. The lowest BCUT2D eigenvalue weighted by atomic mass is 10.0. The number of rotatable bonds is 1. The summed E-state index contributed by atoms with van der Waals surface area (Å²) >= 11 is 0. The topological polar surface area (TPSA) is 104 Å². The van der Waals surface area contributed by atoms with E-state index in [0.717, 1.165) is 0 Å². The zero-order valence-electron chi connectivity index (χ0n) is 7.88. The standard InChI is InChI=1S/C10H6N4O/c1-6-2-9(15)14-10(8(6)5-13)7(3-11)4-12/h2,11H,1H3,(H,14,15). The second-order valence-corrected chi connectivity index (χ2v) is 2.79. The predicted octanol–water partition coefficient (Wildman–Crippen LogP) is 0.710. The lowest BCUT2D eigenvalue weighted by Crippen LogP contribution is -2.11. The minimum absolute atomic E-state index is 0.0556. The molecule has 0 amide bonds. The molecule has 2 N–H and O–H groups in total. The Morgan fingerprint density at radius 2 is 2.20 bits per heavy atom. The highest BCUT2D eigenvalue weighted by molar-refractivity contribution is 5.96. The molecule has 1 aromatic rings. The molecule has 0 saturated heterocycles. The fourth-order valence-corrected chi connectivity index (χ4v) is 1.17. The van der Waals surface area contributed by atoms with E-state index in [0.29, 0.717) is 5.56 Å². The van der Waals surface area contributed by atoms with Crippen LogP contribution in [0.25, 0.3) is 5.57 Å². The second-order valence-electron chi connectivity index (χ2n) is 2.79. The van der Waals surface area contributed by atoms with Crippen molar-refractivity contribution in [2.45, 2.75) is 6.92 Å². The average Bonchev–Trinajstić information content (AvgIpc) is 2.19. The number of allylic oxidation sites excluding steroid dienone is 1. The molecule has 15 heavy (non-hydrogen) atoms. The first-order chi connectivity index (χ1) is 7.13. The molecule has 0 aliphatic carbocycles. The number of aromatic nitrogens is 1. The van der Waals surface area contributed by atoms with Gasteiger partial charge in [-0.15, -0.1) is 0 Å². The smallest absolute Gasteiger partial charge is 0.248 e. The highest BCUT2D eigenvalue weighted by atomic mass is 16.1. The number of aromatic amines is 1. The molecule has 0 saturated carbocycles. The van der Waals surface area contributed by atoms with Gasteiger partial charge in [0.25, 0.3) is 0 Å². The summed E-state index contributed by atoms with van der Waals surface area (Å²) in [7, 11) is 0. The van der Waals surface area contributed by atoms with Gasteiger partial charge in [0.15, 0.2) is 0 Å². The quantitative estimate of drug-likeness (QED) is 0.512. The third-order valence-corrected chi connectivity index (χ3v) is 1.84.